The number of amides is 1. The largest absolute Gasteiger partial charge is 0.308 e. The highest BCUT2D eigenvalue weighted by Crippen LogP contribution is 2.26. The zero-order chi connectivity index (χ0) is 12.4. The van der Waals surface area contributed by atoms with Crippen LogP contribution in [0, 0.1) is 0 Å². The average Bonchev–Trinajstić information content (AvgIpc) is 2.48. The molecule has 0 radical (unpaired) electrons. The minimum absolute atomic E-state index is 0.114. The molecule has 3 heteroatoms. The first-order chi connectivity index (χ1) is 8.15. The van der Waals surface area contributed by atoms with E-state index in [0.29, 0.717) is 0 Å². The molecular weight excluding hydrogens is 212 g/mol. The van der Waals surface area contributed by atoms with Crippen LogP contribution in [0.2, 0.25) is 0 Å². The zero-order valence-corrected chi connectivity index (χ0v) is 10.7. The number of hydrogen-bond donors (Lipinski definition) is 1. The van der Waals surface area contributed by atoms with E-state index in [4.69, 9.17) is 0 Å². The Morgan fingerprint density at radius 2 is 2.18 bits per heavy atom. The molecule has 2 unspecified atom stereocenters. The molecule has 92 valence electrons. The molecule has 1 aliphatic heterocycles. The molecule has 1 heterocycles. The van der Waals surface area contributed by atoms with Gasteiger partial charge in [-0.1, -0.05) is 25.1 Å². The van der Waals surface area contributed by atoms with Gasteiger partial charge >= 0.3 is 0 Å². The smallest absolute Gasteiger partial charge is 0.244 e. The predicted octanol–water partition coefficient (Wildman–Crippen LogP) is 2.31. The number of anilines is 1. The molecule has 1 aromatic carbocycles. The normalized spacial score (nSPS) is 21.9. The molecule has 3 nitrogen and oxygen atoms in total. The fraction of sp³-hybridized carbons (Fsp3) is 0.500. The Labute approximate surface area is 103 Å². The van der Waals surface area contributed by atoms with Crippen LogP contribution in [0.15, 0.2) is 24.3 Å². The third-order valence-corrected chi connectivity index (χ3v) is 3.49. The molecule has 0 bridgehead atoms. The Kier molecular flexibility index (Phi) is 3.48. The number of hydrogen-bond acceptors (Lipinski definition) is 2. The summed E-state index contributed by atoms with van der Waals surface area (Å²) in [5.74, 6) is 0.171. The molecule has 0 spiro atoms. The van der Waals surface area contributed by atoms with E-state index in [2.05, 4.69) is 25.2 Å². The fourth-order valence-corrected chi connectivity index (χ4v) is 2.21. The topological polar surface area (TPSA) is 32.3 Å². The number of nitrogens with one attached hydrogen (secondary N) is 1. The van der Waals surface area contributed by atoms with Crippen LogP contribution in [0.5, 0.6) is 0 Å². The SMILES string of the molecule is CCC(C)N1C(=O)C(C)NCc2ccccc21. The predicted molar refractivity (Wildman–Crippen MR) is 70.0 cm³/mol. The number of carbonyl (C=O) groups excluding carboxylic acids is 1. The van der Waals surface area contributed by atoms with Crippen molar-refractivity contribution >= 4 is 11.6 Å². The van der Waals surface area contributed by atoms with Crippen LogP contribution in [0.4, 0.5) is 5.69 Å². The lowest BCUT2D eigenvalue weighted by molar-refractivity contribution is -0.120. The lowest BCUT2D eigenvalue weighted by Gasteiger charge is -2.30. The van der Waals surface area contributed by atoms with Crippen LogP contribution < -0.4 is 10.2 Å². The minimum Gasteiger partial charge on any atom is -0.308 e. The van der Waals surface area contributed by atoms with E-state index < -0.39 is 0 Å². The highest BCUT2D eigenvalue weighted by Gasteiger charge is 2.29. The van der Waals surface area contributed by atoms with Gasteiger partial charge in [0.1, 0.15) is 0 Å². The van der Waals surface area contributed by atoms with Crippen LogP contribution in [0.3, 0.4) is 0 Å². The van der Waals surface area contributed by atoms with Gasteiger partial charge < -0.3 is 10.2 Å². The third kappa shape index (κ3) is 2.20. The van der Waals surface area contributed by atoms with Crippen molar-refractivity contribution in [3.05, 3.63) is 29.8 Å². The fourth-order valence-electron chi connectivity index (χ4n) is 2.21. The molecule has 1 amide bonds. The molecule has 2 rings (SSSR count). The monoisotopic (exact) mass is 232 g/mol. The number of para-hydroxylation sites is 1. The maximum atomic E-state index is 12.4. The lowest BCUT2D eigenvalue weighted by atomic mass is 10.1. The maximum Gasteiger partial charge on any atom is 0.244 e. The Hall–Kier alpha value is -1.35. The summed E-state index contributed by atoms with van der Waals surface area (Å²) in [7, 11) is 0. The van der Waals surface area contributed by atoms with Gasteiger partial charge in [-0.2, -0.15) is 0 Å². The number of nitrogens with zero attached hydrogens (tertiary/aromatic N) is 1. The highest BCUT2D eigenvalue weighted by atomic mass is 16.2. The van der Waals surface area contributed by atoms with Gasteiger partial charge in [-0.05, 0) is 31.9 Å². The van der Waals surface area contributed by atoms with Crippen LogP contribution in [0.1, 0.15) is 32.8 Å². The Balaban J connectivity index is 2.47. The summed E-state index contributed by atoms with van der Waals surface area (Å²) < 4.78 is 0. The Morgan fingerprint density at radius 1 is 1.47 bits per heavy atom. The average molecular weight is 232 g/mol. The van der Waals surface area contributed by atoms with Crippen LogP contribution in [-0.2, 0) is 11.3 Å². The molecule has 1 N–H and O–H groups in total. The van der Waals surface area contributed by atoms with Crippen molar-refractivity contribution in [2.24, 2.45) is 0 Å². The number of rotatable bonds is 2. The summed E-state index contributed by atoms with van der Waals surface area (Å²) in [4.78, 5) is 14.3. The molecule has 1 aliphatic rings. The summed E-state index contributed by atoms with van der Waals surface area (Å²) in [5.41, 5.74) is 2.26. The molecule has 0 saturated carbocycles. The van der Waals surface area contributed by atoms with E-state index in [0.717, 1.165) is 18.7 Å². The van der Waals surface area contributed by atoms with Crippen LogP contribution in [-0.4, -0.2) is 18.0 Å². The molecule has 0 aromatic heterocycles. The highest BCUT2D eigenvalue weighted by molar-refractivity contribution is 5.98. The minimum atomic E-state index is -0.114. The van der Waals surface area contributed by atoms with Gasteiger partial charge in [-0.15, -0.1) is 0 Å². The maximum absolute atomic E-state index is 12.4. The quantitative estimate of drug-likeness (QED) is 0.848. The second-order valence-corrected chi connectivity index (χ2v) is 4.70. The summed E-state index contributed by atoms with van der Waals surface area (Å²) in [6.45, 7) is 6.91. The molecule has 0 aliphatic carbocycles. The van der Waals surface area contributed by atoms with E-state index in [9.17, 15) is 4.79 Å². The first-order valence-electron chi connectivity index (χ1n) is 6.29. The van der Waals surface area contributed by atoms with E-state index in [1.165, 1.54) is 5.56 Å². The van der Waals surface area contributed by atoms with Crippen molar-refractivity contribution in [2.75, 3.05) is 4.90 Å². The second kappa shape index (κ2) is 4.88. The van der Waals surface area contributed by atoms with Gasteiger partial charge in [-0.25, -0.2) is 0 Å². The molecular formula is C14H20N2O. The number of benzene rings is 1. The van der Waals surface area contributed by atoms with E-state index in [1.807, 2.05) is 30.0 Å². The molecule has 17 heavy (non-hydrogen) atoms. The first kappa shape index (κ1) is 12.1. The van der Waals surface area contributed by atoms with Crippen molar-refractivity contribution in [1.29, 1.82) is 0 Å². The molecule has 0 fully saturated rings. The van der Waals surface area contributed by atoms with Crippen LogP contribution in [0.25, 0.3) is 0 Å². The molecule has 1 aromatic rings. The van der Waals surface area contributed by atoms with Crippen molar-refractivity contribution in [3.8, 4) is 0 Å². The van der Waals surface area contributed by atoms with Gasteiger partial charge in [0.25, 0.3) is 0 Å². The van der Waals surface area contributed by atoms with Crippen molar-refractivity contribution in [2.45, 2.75) is 45.8 Å². The summed E-state index contributed by atoms with van der Waals surface area (Å²) in [5, 5.41) is 3.27. The summed E-state index contributed by atoms with van der Waals surface area (Å²) in [6, 6.07) is 8.28. The van der Waals surface area contributed by atoms with Crippen molar-refractivity contribution < 1.29 is 4.79 Å². The zero-order valence-electron chi connectivity index (χ0n) is 10.7. The van der Waals surface area contributed by atoms with Gasteiger partial charge in [0.15, 0.2) is 0 Å². The lowest BCUT2D eigenvalue weighted by Crippen LogP contribution is -2.46. The van der Waals surface area contributed by atoms with Crippen molar-refractivity contribution in [1.82, 2.24) is 5.32 Å². The second-order valence-electron chi connectivity index (χ2n) is 4.70. The third-order valence-electron chi connectivity index (χ3n) is 3.49. The van der Waals surface area contributed by atoms with Gasteiger partial charge in [0.2, 0.25) is 5.91 Å². The van der Waals surface area contributed by atoms with E-state index in [1.54, 1.807) is 0 Å². The van der Waals surface area contributed by atoms with Gasteiger partial charge in [-0.3, -0.25) is 4.79 Å². The Bertz CT molecular complexity index is 416. The van der Waals surface area contributed by atoms with Gasteiger partial charge in [0, 0.05) is 18.3 Å². The standard InChI is InChI=1S/C14H20N2O/c1-4-10(2)16-13-8-6-5-7-12(13)9-15-11(3)14(16)17/h5-8,10-11,15H,4,9H2,1-3H3. The number of fused-ring (bicyclic) bond motifs is 1. The Morgan fingerprint density at radius 3 is 2.88 bits per heavy atom. The van der Waals surface area contributed by atoms with E-state index >= 15 is 0 Å². The first-order valence-corrected chi connectivity index (χ1v) is 6.29. The van der Waals surface area contributed by atoms with Crippen molar-refractivity contribution in [3.63, 3.8) is 0 Å². The summed E-state index contributed by atoms with van der Waals surface area (Å²) in [6.07, 6.45) is 0.965. The summed E-state index contributed by atoms with van der Waals surface area (Å²) >= 11 is 0. The van der Waals surface area contributed by atoms with E-state index in [-0.39, 0.29) is 18.0 Å². The van der Waals surface area contributed by atoms with Crippen LogP contribution >= 0.6 is 0 Å². The van der Waals surface area contributed by atoms with Gasteiger partial charge in [0.05, 0.1) is 6.04 Å². The molecule has 0 saturated heterocycles. The molecule has 2 atom stereocenters. The number of carbonyl (C=O) groups is 1.